The summed E-state index contributed by atoms with van der Waals surface area (Å²) in [6, 6.07) is 12.7. The van der Waals surface area contributed by atoms with Crippen LogP contribution in [0.15, 0.2) is 42.5 Å². The van der Waals surface area contributed by atoms with Gasteiger partial charge in [0.1, 0.15) is 5.56 Å². The standard InChI is InChI=1S/C19H21NO5/c1-13-7-9-14(10-8-13)11-20-17(21)12-25-19(22)15-5-4-6-16(23-2)18(15)24-3/h4-10H,11-12H2,1-3H3,(H,20,21). The summed E-state index contributed by atoms with van der Waals surface area (Å²) in [5.74, 6) is -0.340. The molecule has 0 bridgehead atoms. The van der Waals surface area contributed by atoms with Crippen molar-refractivity contribution in [3.05, 3.63) is 59.2 Å². The Hall–Kier alpha value is -3.02. The molecule has 0 aliphatic carbocycles. The zero-order valence-corrected chi connectivity index (χ0v) is 14.5. The van der Waals surface area contributed by atoms with Crippen molar-refractivity contribution < 1.29 is 23.8 Å². The first kappa shape index (κ1) is 18.3. The van der Waals surface area contributed by atoms with Crippen LogP contribution >= 0.6 is 0 Å². The topological polar surface area (TPSA) is 73.9 Å². The molecule has 0 aromatic heterocycles. The average Bonchev–Trinajstić information content (AvgIpc) is 2.64. The van der Waals surface area contributed by atoms with Crippen molar-refractivity contribution in [2.24, 2.45) is 0 Å². The zero-order chi connectivity index (χ0) is 18.2. The number of benzene rings is 2. The van der Waals surface area contributed by atoms with Crippen LogP contribution in [0.2, 0.25) is 0 Å². The smallest absolute Gasteiger partial charge is 0.342 e. The van der Waals surface area contributed by atoms with Gasteiger partial charge in [0.15, 0.2) is 18.1 Å². The third-order valence-corrected chi connectivity index (χ3v) is 3.57. The molecule has 0 atom stereocenters. The number of carbonyl (C=O) groups is 2. The lowest BCUT2D eigenvalue weighted by Gasteiger charge is -2.12. The minimum Gasteiger partial charge on any atom is -0.493 e. The predicted octanol–water partition coefficient (Wildman–Crippen LogP) is 2.49. The number of para-hydroxylation sites is 1. The molecule has 6 heteroatoms. The zero-order valence-electron chi connectivity index (χ0n) is 14.5. The summed E-state index contributed by atoms with van der Waals surface area (Å²) in [6.07, 6.45) is 0. The monoisotopic (exact) mass is 343 g/mol. The van der Waals surface area contributed by atoms with Gasteiger partial charge in [-0.3, -0.25) is 4.79 Å². The normalized spacial score (nSPS) is 10.0. The number of nitrogens with one attached hydrogen (secondary N) is 1. The predicted molar refractivity (Wildman–Crippen MR) is 92.9 cm³/mol. The lowest BCUT2D eigenvalue weighted by molar-refractivity contribution is -0.124. The summed E-state index contributed by atoms with van der Waals surface area (Å²) in [5.41, 5.74) is 2.32. The van der Waals surface area contributed by atoms with Crippen molar-refractivity contribution in [3.8, 4) is 11.5 Å². The molecule has 0 aliphatic rings. The number of aryl methyl sites for hydroxylation is 1. The molecule has 0 heterocycles. The van der Waals surface area contributed by atoms with E-state index in [4.69, 9.17) is 14.2 Å². The number of rotatable bonds is 7. The SMILES string of the molecule is COc1cccc(C(=O)OCC(=O)NCc2ccc(C)cc2)c1OC. The van der Waals surface area contributed by atoms with Crippen LogP contribution in [0.5, 0.6) is 11.5 Å². The largest absolute Gasteiger partial charge is 0.493 e. The van der Waals surface area contributed by atoms with Crippen LogP contribution < -0.4 is 14.8 Å². The molecular weight excluding hydrogens is 322 g/mol. The summed E-state index contributed by atoms with van der Waals surface area (Å²) in [7, 11) is 2.91. The third kappa shape index (κ3) is 4.97. The second-order valence-corrected chi connectivity index (χ2v) is 5.38. The van der Waals surface area contributed by atoms with Crippen molar-refractivity contribution >= 4 is 11.9 Å². The minimum atomic E-state index is -0.652. The van der Waals surface area contributed by atoms with E-state index in [-0.39, 0.29) is 23.8 Å². The van der Waals surface area contributed by atoms with Crippen LogP contribution in [0.25, 0.3) is 0 Å². The quantitative estimate of drug-likeness (QED) is 0.782. The van der Waals surface area contributed by atoms with Gasteiger partial charge < -0.3 is 19.5 Å². The Labute approximate surface area is 146 Å². The highest BCUT2D eigenvalue weighted by atomic mass is 16.5. The molecule has 0 saturated heterocycles. The molecule has 0 radical (unpaired) electrons. The second kappa shape index (κ2) is 8.73. The van der Waals surface area contributed by atoms with Gasteiger partial charge in [-0.15, -0.1) is 0 Å². The molecule has 2 aromatic carbocycles. The number of carbonyl (C=O) groups excluding carboxylic acids is 2. The van der Waals surface area contributed by atoms with Crippen molar-refractivity contribution in [2.75, 3.05) is 20.8 Å². The van der Waals surface area contributed by atoms with Crippen LogP contribution in [0.3, 0.4) is 0 Å². The fourth-order valence-electron chi connectivity index (χ4n) is 2.21. The van der Waals surface area contributed by atoms with Crippen LogP contribution in [-0.2, 0) is 16.1 Å². The van der Waals surface area contributed by atoms with E-state index < -0.39 is 5.97 Å². The van der Waals surface area contributed by atoms with Crippen LogP contribution in [0.1, 0.15) is 21.5 Å². The second-order valence-electron chi connectivity index (χ2n) is 5.38. The first-order valence-electron chi connectivity index (χ1n) is 7.75. The molecule has 2 rings (SSSR count). The van der Waals surface area contributed by atoms with Gasteiger partial charge in [0.05, 0.1) is 14.2 Å². The maximum absolute atomic E-state index is 12.2. The summed E-state index contributed by atoms with van der Waals surface area (Å²) >= 11 is 0. The van der Waals surface area contributed by atoms with Crippen LogP contribution in [0.4, 0.5) is 0 Å². The van der Waals surface area contributed by atoms with Crippen LogP contribution in [0, 0.1) is 6.92 Å². The fraction of sp³-hybridized carbons (Fsp3) is 0.263. The van der Waals surface area contributed by atoms with Gasteiger partial charge in [0, 0.05) is 6.54 Å². The van der Waals surface area contributed by atoms with E-state index in [1.807, 2.05) is 31.2 Å². The molecule has 6 nitrogen and oxygen atoms in total. The Bertz CT molecular complexity index is 740. The maximum Gasteiger partial charge on any atom is 0.342 e. The number of hydrogen-bond donors (Lipinski definition) is 1. The first-order chi connectivity index (χ1) is 12.0. The van der Waals surface area contributed by atoms with Gasteiger partial charge in [0.2, 0.25) is 0 Å². The third-order valence-electron chi connectivity index (χ3n) is 3.57. The summed E-state index contributed by atoms with van der Waals surface area (Å²) in [5, 5.41) is 2.70. The van der Waals surface area contributed by atoms with Gasteiger partial charge in [-0.05, 0) is 24.6 Å². The molecule has 0 unspecified atom stereocenters. The number of esters is 1. The van der Waals surface area contributed by atoms with E-state index in [1.165, 1.54) is 14.2 Å². The summed E-state index contributed by atoms with van der Waals surface area (Å²) in [4.78, 5) is 24.0. The molecule has 2 aromatic rings. The van der Waals surface area contributed by atoms with Gasteiger partial charge in [0.25, 0.3) is 5.91 Å². The van der Waals surface area contributed by atoms with E-state index in [2.05, 4.69) is 5.32 Å². The highest BCUT2D eigenvalue weighted by molar-refractivity contribution is 5.94. The Morgan fingerprint density at radius 1 is 1.00 bits per heavy atom. The number of ether oxygens (including phenoxy) is 3. The number of methoxy groups -OCH3 is 2. The van der Waals surface area contributed by atoms with Crippen LogP contribution in [-0.4, -0.2) is 32.7 Å². The van der Waals surface area contributed by atoms with E-state index in [0.29, 0.717) is 12.3 Å². The molecule has 0 fully saturated rings. The summed E-state index contributed by atoms with van der Waals surface area (Å²) < 4.78 is 15.4. The molecule has 0 aliphatic heterocycles. The first-order valence-corrected chi connectivity index (χ1v) is 7.75. The Morgan fingerprint density at radius 2 is 1.72 bits per heavy atom. The highest BCUT2D eigenvalue weighted by Gasteiger charge is 2.18. The van der Waals surface area contributed by atoms with Gasteiger partial charge in [-0.25, -0.2) is 4.79 Å². The molecule has 0 saturated carbocycles. The van der Waals surface area contributed by atoms with Crippen molar-refractivity contribution in [3.63, 3.8) is 0 Å². The Morgan fingerprint density at radius 3 is 2.36 bits per heavy atom. The van der Waals surface area contributed by atoms with Gasteiger partial charge in [-0.1, -0.05) is 35.9 Å². The molecule has 25 heavy (non-hydrogen) atoms. The fourth-order valence-corrected chi connectivity index (χ4v) is 2.21. The number of hydrogen-bond acceptors (Lipinski definition) is 5. The van der Waals surface area contributed by atoms with E-state index in [9.17, 15) is 9.59 Å². The van der Waals surface area contributed by atoms with Crippen molar-refractivity contribution in [2.45, 2.75) is 13.5 Å². The molecule has 0 spiro atoms. The van der Waals surface area contributed by atoms with Gasteiger partial charge >= 0.3 is 5.97 Å². The van der Waals surface area contributed by atoms with Crippen molar-refractivity contribution in [1.82, 2.24) is 5.32 Å². The van der Waals surface area contributed by atoms with E-state index in [0.717, 1.165) is 11.1 Å². The Balaban J connectivity index is 1.89. The van der Waals surface area contributed by atoms with Crippen molar-refractivity contribution in [1.29, 1.82) is 0 Å². The van der Waals surface area contributed by atoms with E-state index >= 15 is 0 Å². The average molecular weight is 343 g/mol. The lowest BCUT2D eigenvalue weighted by atomic mass is 10.1. The minimum absolute atomic E-state index is 0.202. The lowest BCUT2D eigenvalue weighted by Crippen LogP contribution is -2.28. The Kier molecular flexibility index (Phi) is 6.39. The van der Waals surface area contributed by atoms with Gasteiger partial charge in [-0.2, -0.15) is 0 Å². The summed E-state index contributed by atoms with van der Waals surface area (Å²) in [6.45, 7) is 2.00. The molecule has 1 N–H and O–H groups in total. The molecule has 1 amide bonds. The molecular formula is C19H21NO5. The van der Waals surface area contributed by atoms with E-state index in [1.54, 1.807) is 18.2 Å². The maximum atomic E-state index is 12.2. The number of amides is 1. The highest BCUT2D eigenvalue weighted by Crippen LogP contribution is 2.30. The molecule has 132 valence electrons.